The molecule has 0 N–H and O–H groups in total. The number of rotatable bonds is 10. The fourth-order valence-electron chi connectivity index (χ4n) is 1.68. The Bertz CT molecular complexity index is 427. The number of hydrogen-bond donors (Lipinski definition) is 0. The number of carbonyl (C=O) groups excluding carboxylic acids is 1. The lowest BCUT2D eigenvalue weighted by molar-refractivity contribution is -0.147. The molecule has 0 spiro atoms. The summed E-state index contributed by atoms with van der Waals surface area (Å²) in [6.07, 6.45) is 1.52. The van der Waals surface area contributed by atoms with Crippen molar-refractivity contribution in [2.45, 2.75) is 12.5 Å². The van der Waals surface area contributed by atoms with Gasteiger partial charge in [-0.05, 0) is 24.1 Å². The summed E-state index contributed by atoms with van der Waals surface area (Å²) in [5, 5.41) is 0. The molecule has 0 aliphatic heterocycles. The van der Waals surface area contributed by atoms with Crippen molar-refractivity contribution >= 4 is 5.97 Å². The Morgan fingerprint density at radius 1 is 1.19 bits per heavy atom. The minimum Gasteiger partial charge on any atom is -0.490 e. The number of ether oxygens (including phenoxy) is 4. The quantitative estimate of drug-likeness (QED) is 0.488. The first-order chi connectivity index (χ1) is 10.2. The van der Waals surface area contributed by atoms with Crippen LogP contribution in [0.5, 0.6) is 5.75 Å². The summed E-state index contributed by atoms with van der Waals surface area (Å²) in [5.74, 6) is 0.225. The van der Waals surface area contributed by atoms with Gasteiger partial charge in [-0.15, -0.1) is 0 Å². The van der Waals surface area contributed by atoms with Gasteiger partial charge in [0, 0.05) is 20.3 Å². The monoisotopic (exact) mass is 294 g/mol. The van der Waals surface area contributed by atoms with Gasteiger partial charge < -0.3 is 18.9 Å². The minimum atomic E-state index is -0.490. The molecule has 1 aromatic carbocycles. The molecule has 0 heterocycles. The summed E-state index contributed by atoms with van der Waals surface area (Å²) < 4.78 is 20.7. The second-order valence-corrected chi connectivity index (χ2v) is 4.42. The number of hydrogen-bond acceptors (Lipinski definition) is 5. The first-order valence-corrected chi connectivity index (χ1v) is 6.72. The van der Waals surface area contributed by atoms with Gasteiger partial charge in [-0.2, -0.15) is 0 Å². The van der Waals surface area contributed by atoms with Crippen LogP contribution in [0.3, 0.4) is 0 Å². The Kier molecular flexibility index (Phi) is 8.16. The maximum absolute atomic E-state index is 11.2. The molecule has 0 saturated carbocycles. The van der Waals surface area contributed by atoms with E-state index < -0.39 is 12.1 Å². The number of benzene rings is 1. The largest absolute Gasteiger partial charge is 0.490 e. The summed E-state index contributed by atoms with van der Waals surface area (Å²) in [5.41, 5.74) is 1.18. The van der Waals surface area contributed by atoms with Crippen molar-refractivity contribution in [2.75, 3.05) is 34.0 Å². The molecule has 5 heteroatoms. The highest BCUT2D eigenvalue weighted by atomic mass is 16.6. The van der Waals surface area contributed by atoms with Crippen LogP contribution in [-0.2, 0) is 25.4 Å². The number of carbonyl (C=O) groups is 1. The zero-order chi connectivity index (χ0) is 15.5. The van der Waals surface area contributed by atoms with E-state index >= 15 is 0 Å². The molecule has 1 aromatic rings. The Hall–Kier alpha value is -1.85. The standard InChI is InChI=1S/C16H22O5/c1-4-16(17)21-15(11-19-3)12-20-14-7-5-13(6-8-14)9-10-18-2/h4-8,15H,1,9-12H2,2-3H3. The molecule has 1 atom stereocenters. The van der Waals surface area contributed by atoms with E-state index in [-0.39, 0.29) is 13.2 Å². The van der Waals surface area contributed by atoms with Gasteiger partial charge in [0.15, 0.2) is 6.10 Å². The lowest BCUT2D eigenvalue weighted by atomic mass is 10.1. The van der Waals surface area contributed by atoms with Crippen LogP contribution in [0.4, 0.5) is 0 Å². The third kappa shape index (κ3) is 6.92. The van der Waals surface area contributed by atoms with Gasteiger partial charge in [0.25, 0.3) is 0 Å². The van der Waals surface area contributed by atoms with Gasteiger partial charge >= 0.3 is 5.97 Å². The summed E-state index contributed by atoms with van der Waals surface area (Å²) >= 11 is 0. The number of esters is 1. The van der Waals surface area contributed by atoms with Gasteiger partial charge in [-0.25, -0.2) is 4.79 Å². The molecule has 1 unspecified atom stereocenters. The molecule has 0 aromatic heterocycles. The van der Waals surface area contributed by atoms with Crippen LogP contribution in [0.15, 0.2) is 36.9 Å². The minimum absolute atomic E-state index is 0.227. The molecular weight excluding hydrogens is 272 g/mol. The van der Waals surface area contributed by atoms with Crippen molar-refractivity contribution in [1.29, 1.82) is 0 Å². The van der Waals surface area contributed by atoms with Gasteiger partial charge in [0.2, 0.25) is 0 Å². The lowest BCUT2D eigenvalue weighted by Crippen LogP contribution is -2.28. The SMILES string of the molecule is C=CC(=O)OC(COC)COc1ccc(CCOC)cc1. The lowest BCUT2D eigenvalue weighted by Gasteiger charge is -2.17. The van der Waals surface area contributed by atoms with Crippen LogP contribution in [0.2, 0.25) is 0 Å². The van der Waals surface area contributed by atoms with Crippen LogP contribution in [0, 0.1) is 0 Å². The maximum atomic E-state index is 11.2. The molecule has 1 rings (SSSR count). The van der Waals surface area contributed by atoms with E-state index in [9.17, 15) is 4.79 Å². The Labute approximate surface area is 125 Å². The first kappa shape index (κ1) is 17.2. The highest BCUT2D eigenvalue weighted by Crippen LogP contribution is 2.13. The molecule has 0 aliphatic carbocycles. The van der Waals surface area contributed by atoms with Gasteiger partial charge in [-0.3, -0.25) is 0 Å². The average Bonchev–Trinajstić information content (AvgIpc) is 2.51. The highest BCUT2D eigenvalue weighted by Gasteiger charge is 2.13. The van der Waals surface area contributed by atoms with Gasteiger partial charge in [-0.1, -0.05) is 18.7 Å². The molecule has 0 fully saturated rings. The van der Waals surface area contributed by atoms with Crippen LogP contribution in [0.1, 0.15) is 5.56 Å². The van der Waals surface area contributed by atoms with Crippen molar-refractivity contribution in [3.05, 3.63) is 42.5 Å². The second-order valence-electron chi connectivity index (χ2n) is 4.42. The van der Waals surface area contributed by atoms with Crippen molar-refractivity contribution < 1.29 is 23.7 Å². The van der Waals surface area contributed by atoms with Gasteiger partial charge in [0.05, 0.1) is 13.2 Å². The summed E-state index contributed by atoms with van der Waals surface area (Å²) in [6.45, 7) is 4.54. The van der Waals surface area contributed by atoms with Crippen LogP contribution < -0.4 is 4.74 Å². The summed E-state index contributed by atoms with van der Waals surface area (Å²) in [7, 11) is 3.22. The normalized spacial score (nSPS) is 11.7. The van der Waals surface area contributed by atoms with E-state index in [1.54, 1.807) is 14.2 Å². The summed E-state index contributed by atoms with van der Waals surface area (Å²) in [6, 6.07) is 7.72. The molecule has 116 valence electrons. The molecule has 0 saturated heterocycles. The van der Waals surface area contributed by atoms with Gasteiger partial charge in [0.1, 0.15) is 12.4 Å². The first-order valence-electron chi connectivity index (χ1n) is 6.72. The van der Waals surface area contributed by atoms with E-state index in [1.165, 1.54) is 5.56 Å². The molecule has 21 heavy (non-hydrogen) atoms. The third-order valence-corrected chi connectivity index (χ3v) is 2.76. The van der Waals surface area contributed by atoms with E-state index in [0.717, 1.165) is 12.5 Å². The molecule has 0 bridgehead atoms. The molecular formula is C16H22O5. The fraction of sp³-hybridized carbons (Fsp3) is 0.438. The Morgan fingerprint density at radius 3 is 2.48 bits per heavy atom. The predicted octanol–water partition coefficient (Wildman–Crippen LogP) is 2.00. The zero-order valence-corrected chi connectivity index (χ0v) is 12.5. The molecule has 0 radical (unpaired) electrons. The Morgan fingerprint density at radius 2 is 1.90 bits per heavy atom. The van der Waals surface area contributed by atoms with Crippen molar-refractivity contribution in [3.8, 4) is 5.75 Å². The maximum Gasteiger partial charge on any atom is 0.330 e. The fourth-order valence-corrected chi connectivity index (χ4v) is 1.68. The zero-order valence-electron chi connectivity index (χ0n) is 12.5. The second kappa shape index (κ2) is 9.96. The topological polar surface area (TPSA) is 54.0 Å². The molecule has 0 amide bonds. The van der Waals surface area contributed by atoms with E-state index in [0.29, 0.717) is 12.4 Å². The van der Waals surface area contributed by atoms with Crippen molar-refractivity contribution in [2.24, 2.45) is 0 Å². The van der Waals surface area contributed by atoms with Crippen molar-refractivity contribution in [3.63, 3.8) is 0 Å². The van der Waals surface area contributed by atoms with E-state index in [4.69, 9.17) is 18.9 Å². The van der Waals surface area contributed by atoms with E-state index in [1.807, 2.05) is 24.3 Å². The van der Waals surface area contributed by atoms with E-state index in [2.05, 4.69) is 6.58 Å². The smallest absolute Gasteiger partial charge is 0.330 e. The number of methoxy groups -OCH3 is 2. The van der Waals surface area contributed by atoms with Crippen LogP contribution in [0.25, 0.3) is 0 Å². The summed E-state index contributed by atoms with van der Waals surface area (Å²) in [4.78, 5) is 11.2. The third-order valence-electron chi connectivity index (χ3n) is 2.76. The molecule has 5 nitrogen and oxygen atoms in total. The van der Waals surface area contributed by atoms with Crippen LogP contribution >= 0.6 is 0 Å². The predicted molar refractivity (Wildman–Crippen MR) is 79.5 cm³/mol. The highest BCUT2D eigenvalue weighted by molar-refractivity contribution is 5.81. The van der Waals surface area contributed by atoms with Crippen LogP contribution in [-0.4, -0.2) is 46.1 Å². The molecule has 0 aliphatic rings. The van der Waals surface area contributed by atoms with Crippen molar-refractivity contribution in [1.82, 2.24) is 0 Å². The average molecular weight is 294 g/mol. The Balaban J connectivity index is 2.47.